The summed E-state index contributed by atoms with van der Waals surface area (Å²) in [5, 5.41) is 11.1. The van der Waals surface area contributed by atoms with Gasteiger partial charge in [-0.3, -0.25) is 4.79 Å². The Bertz CT molecular complexity index is 574. The lowest BCUT2D eigenvalue weighted by molar-refractivity contribution is -0.113. The second-order valence-electron chi connectivity index (χ2n) is 5.43. The number of hydrogen-bond acceptors (Lipinski definition) is 4. The number of hydrogen-bond donors (Lipinski definition) is 2. The first-order chi connectivity index (χ1) is 10.0. The van der Waals surface area contributed by atoms with Crippen molar-refractivity contribution in [1.82, 2.24) is 0 Å². The molecule has 5 nitrogen and oxygen atoms in total. The van der Waals surface area contributed by atoms with Crippen LogP contribution in [0.3, 0.4) is 0 Å². The predicted octanol–water partition coefficient (Wildman–Crippen LogP) is 1.52. The van der Waals surface area contributed by atoms with Crippen molar-refractivity contribution in [2.45, 2.75) is 37.4 Å². The third kappa shape index (κ3) is 4.54. The summed E-state index contributed by atoms with van der Waals surface area (Å²) in [4.78, 5) is 11.9. The number of rotatable bonds is 6. The molecule has 2 rings (SSSR count). The summed E-state index contributed by atoms with van der Waals surface area (Å²) in [7, 11) is -3.34. The van der Waals surface area contributed by atoms with Crippen LogP contribution in [0.15, 0.2) is 24.3 Å². The summed E-state index contributed by atoms with van der Waals surface area (Å²) >= 11 is 0. The van der Waals surface area contributed by atoms with Crippen molar-refractivity contribution in [2.24, 2.45) is 0 Å². The number of carbonyl (C=O) groups is 1. The van der Waals surface area contributed by atoms with Crippen LogP contribution in [0.25, 0.3) is 0 Å². The lowest BCUT2D eigenvalue weighted by Crippen LogP contribution is -2.29. The fourth-order valence-corrected chi connectivity index (χ4v) is 4.35. The molecule has 0 heterocycles. The Kier molecular flexibility index (Phi) is 5.36. The zero-order valence-electron chi connectivity index (χ0n) is 11.9. The van der Waals surface area contributed by atoms with Crippen molar-refractivity contribution in [2.75, 3.05) is 17.7 Å². The van der Waals surface area contributed by atoms with Gasteiger partial charge < -0.3 is 10.4 Å². The van der Waals surface area contributed by atoms with Crippen LogP contribution in [0.5, 0.6) is 0 Å². The molecular formula is C15H21NO4S. The van der Waals surface area contributed by atoms with Gasteiger partial charge in [-0.25, -0.2) is 8.42 Å². The SMILES string of the molecule is O=C(CS(=O)(=O)C1CCCC1)Nc1ccc(CCO)cc1. The van der Waals surface area contributed by atoms with Gasteiger partial charge >= 0.3 is 0 Å². The van der Waals surface area contributed by atoms with E-state index in [1.807, 2.05) is 0 Å². The molecule has 0 spiro atoms. The molecule has 6 heteroatoms. The Balaban J connectivity index is 1.91. The summed E-state index contributed by atoms with van der Waals surface area (Å²) < 4.78 is 24.2. The predicted molar refractivity (Wildman–Crippen MR) is 81.9 cm³/mol. The Morgan fingerprint density at radius 2 is 1.81 bits per heavy atom. The van der Waals surface area contributed by atoms with Crippen molar-refractivity contribution in [3.63, 3.8) is 0 Å². The molecule has 0 saturated heterocycles. The zero-order chi connectivity index (χ0) is 15.3. The zero-order valence-corrected chi connectivity index (χ0v) is 12.7. The van der Waals surface area contributed by atoms with Gasteiger partial charge in [-0.2, -0.15) is 0 Å². The van der Waals surface area contributed by atoms with E-state index in [4.69, 9.17) is 5.11 Å². The van der Waals surface area contributed by atoms with Gasteiger partial charge in [0.25, 0.3) is 0 Å². The Morgan fingerprint density at radius 1 is 1.19 bits per heavy atom. The van der Waals surface area contributed by atoms with Gasteiger partial charge in [-0.05, 0) is 37.0 Å². The van der Waals surface area contributed by atoms with Gasteiger partial charge in [-0.1, -0.05) is 25.0 Å². The van der Waals surface area contributed by atoms with Crippen LogP contribution < -0.4 is 5.32 Å². The van der Waals surface area contributed by atoms with E-state index >= 15 is 0 Å². The third-order valence-electron chi connectivity index (χ3n) is 3.78. The van der Waals surface area contributed by atoms with Crippen LogP contribution in [0.2, 0.25) is 0 Å². The van der Waals surface area contributed by atoms with Gasteiger partial charge in [0.1, 0.15) is 5.75 Å². The summed E-state index contributed by atoms with van der Waals surface area (Å²) in [6, 6.07) is 7.03. The molecule has 2 N–H and O–H groups in total. The average molecular weight is 311 g/mol. The van der Waals surface area contributed by atoms with Crippen molar-refractivity contribution in [3.8, 4) is 0 Å². The molecule has 1 aliphatic carbocycles. The molecule has 0 atom stereocenters. The van der Waals surface area contributed by atoms with E-state index in [0.29, 0.717) is 24.9 Å². The van der Waals surface area contributed by atoms with Gasteiger partial charge in [0, 0.05) is 12.3 Å². The van der Waals surface area contributed by atoms with Crippen LogP contribution in [0, 0.1) is 0 Å². The van der Waals surface area contributed by atoms with Gasteiger partial charge in [0.2, 0.25) is 5.91 Å². The number of carbonyl (C=O) groups excluding carboxylic acids is 1. The van der Waals surface area contributed by atoms with E-state index in [0.717, 1.165) is 18.4 Å². The molecule has 1 aromatic rings. The average Bonchev–Trinajstić information content (AvgIpc) is 2.95. The highest BCUT2D eigenvalue weighted by molar-refractivity contribution is 7.92. The van der Waals surface area contributed by atoms with Crippen LogP contribution in [-0.2, 0) is 21.1 Å². The van der Waals surface area contributed by atoms with Crippen LogP contribution in [0.4, 0.5) is 5.69 Å². The minimum absolute atomic E-state index is 0.0747. The van der Waals surface area contributed by atoms with E-state index in [2.05, 4.69) is 5.32 Å². The molecule has 116 valence electrons. The van der Waals surface area contributed by atoms with Gasteiger partial charge in [0.05, 0.1) is 5.25 Å². The van der Waals surface area contributed by atoms with Crippen molar-refractivity contribution >= 4 is 21.4 Å². The molecule has 21 heavy (non-hydrogen) atoms. The molecule has 1 saturated carbocycles. The Labute approximate surface area is 125 Å². The minimum atomic E-state index is -3.34. The monoisotopic (exact) mass is 311 g/mol. The van der Waals surface area contributed by atoms with E-state index in [1.54, 1.807) is 24.3 Å². The first-order valence-electron chi connectivity index (χ1n) is 7.22. The fraction of sp³-hybridized carbons (Fsp3) is 0.533. The maximum absolute atomic E-state index is 12.1. The second kappa shape index (κ2) is 7.04. The molecule has 0 aromatic heterocycles. The van der Waals surface area contributed by atoms with Gasteiger partial charge in [-0.15, -0.1) is 0 Å². The molecular weight excluding hydrogens is 290 g/mol. The summed E-state index contributed by atoms with van der Waals surface area (Å²) in [5.41, 5.74) is 1.54. The van der Waals surface area contributed by atoms with Gasteiger partial charge in [0.15, 0.2) is 9.84 Å². The topological polar surface area (TPSA) is 83.5 Å². The molecule has 0 aliphatic heterocycles. The van der Waals surface area contributed by atoms with E-state index in [-0.39, 0.29) is 11.9 Å². The van der Waals surface area contributed by atoms with Crippen LogP contribution in [0.1, 0.15) is 31.2 Å². The third-order valence-corrected chi connectivity index (χ3v) is 5.93. The number of aliphatic hydroxyl groups is 1. The summed E-state index contributed by atoms with van der Waals surface area (Å²) in [6.45, 7) is 0.0747. The number of sulfone groups is 1. The standard InChI is InChI=1S/C15H21NO4S/c17-10-9-12-5-7-13(8-6-12)16-15(18)11-21(19,20)14-3-1-2-4-14/h5-8,14,17H,1-4,9-11H2,(H,16,18). The molecule has 1 amide bonds. The number of nitrogens with one attached hydrogen (secondary N) is 1. The number of anilines is 1. The minimum Gasteiger partial charge on any atom is -0.396 e. The number of benzene rings is 1. The molecule has 1 fully saturated rings. The van der Waals surface area contributed by atoms with E-state index in [1.165, 1.54) is 0 Å². The highest BCUT2D eigenvalue weighted by Crippen LogP contribution is 2.25. The second-order valence-corrected chi connectivity index (χ2v) is 7.71. The van der Waals surface area contributed by atoms with Crippen LogP contribution in [-0.4, -0.2) is 37.0 Å². The van der Waals surface area contributed by atoms with Crippen molar-refractivity contribution < 1.29 is 18.3 Å². The quantitative estimate of drug-likeness (QED) is 0.834. The summed E-state index contributed by atoms with van der Waals surface area (Å²) in [6.07, 6.45) is 3.76. The maximum atomic E-state index is 12.1. The van der Waals surface area contributed by atoms with E-state index < -0.39 is 21.5 Å². The number of aliphatic hydroxyl groups excluding tert-OH is 1. The molecule has 0 unspecified atom stereocenters. The summed E-state index contributed by atoms with van der Waals surface area (Å²) in [5.74, 6) is -0.937. The van der Waals surface area contributed by atoms with E-state index in [9.17, 15) is 13.2 Å². The Hall–Kier alpha value is -1.40. The molecule has 0 bridgehead atoms. The highest BCUT2D eigenvalue weighted by Gasteiger charge is 2.30. The molecule has 0 radical (unpaired) electrons. The molecule has 1 aliphatic rings. The first-order valence-corrected chi connectivity index (χ1v) is 8.94. The van der Waals surface area contributed by atoms with Crippen LogP contribution >= 0.6 is 0 Å². The largest absolute Gasteiger partial charge is 0.396 e. The fourth-order valence-electron chi connectivity index (χ4n) is 2.63. The van der Waals surface area contributed by atoms with Crippen molar-refractivity contribution in [3.05, 3.63) is 29.8 Å². The highest BCUT2D eigenvalue weighted by atomic mass is 32.2. The lowest BCUT2D eigenvalue weighted by Gasteiger charge is -2.11. The number of amides is 1. The maximum Gasteiger partial charge on any atom is 0.239 e. The lowest BCUT2D eigenvalue weighted by atomic mass is 10.1. The Morgan fingerprint density at radius 3 is 2.38 bits per heavy atom. The smallest absolute Gasteiger partial charge is 0.239 e. The normalized spacial score (nSPS) is 16.0. The first kappa shape index (κ1) is 16.0. The molecule has 1 aromatic carbocycles. The van der Waals surface area contributed by atoms with Crippen molar-refractivity contribution in [1.29, 1.82) is 0 Å².